The molecule has 2 heterocycles. The zero-order valence-corrected chi connectivity index (χ0v) is 9.69. The first kappa shape index (κ1) is 11.4. The van der Waals surface area contributed by atoms with Gasteiger partial charge >= 0.3 is 0 Å². The summed E-state index contributed by atoms with van der Waals surface area (Å²) in [5.74, 6) is 0.406. The molecule has 18 heavy (non-hydrogen) atoms. The van der Waals surface area contributed by atoms with Crippen LogP contribution in [-0.2, 0) is 10.2 Å². The summed E-state index contributed by atoms with van der Waals surface area (Å²) >= 11 is 0. The number of nitrogens with zero attached hydrogens (tertiary/aromatic N) is 1. The first-order chi connectivity index (χ1) is 8.73. The average Bonchev–Trinajstić information content (AvgIpc) is 2.78. The Bertz CT molecular complexity index is 558. The quantitative estimate of drug-likeness (QED) is 0.865. The van der Waals surface area contributed by atoms with Crippen molar-refractivity contribution < 1.29 is 14.2 Å². The van der Waals surface area contributed by atoms with Crippen LogP contribution in [0.4, 0.5) is 4.39 Å². The molecular weight excluding hydrogens is 235 g/mol. The van der Waals surface area contributed by atoms with Crippen molar-refractivity contribution in [3.05, 3.63) is 42.1 Å². The van der Waals surface area contributed by atoms with Gasteiger partial charge in [-0.1, -0.05) is 12.1 Å². The molecule has 4 nitrogen and oxygen atoms in total. The molecule has 1 saturated heterocycles. The molecule has 1 aliphatic rings. The molecule has 1 aromatic heterocycles. The number of nitrogens with one attached hydrogen (secondary N) is 1. The van der Waals surface area contributed by atoms with Crippen LogP contribution >= 0.6 is 0 Å². The van der Waals surface area contributed by atoms with Crippen LogP contribution in [0.1, 0.15) is 5.82 Å². The van der Waals surface area contributed by atoms with Crippen LogP contribution in [-0.4, -0.2) is 34.9 Å². The van der Waals surface area contributed by atoms with Gasteiger partial charge in [0.15, 0.2) is 0 Å². The van der Waals surface area contributed by atoms with Gasteiger partial charge in [-0.3, -0.25) is 0 Å². The largest absolute Gasteiger partial charge is 0.395 e. The van der Waals surface area contributed by atoms with Gasteiger partial charge in [-0.25, -0.2) is 9.37 Å². The molecule has 0 unspecified atom stereocenters. The number of hydrogen-bond donors (Lipinski definition) is 2. The lowest BCUT2D eigenvalue weighted by Crippen LogP contribution is -2.50. The van der Waals surface area contributed by atoms with E-state index in [9.17, 15) is 9.50 Å². The summed E-state index contributed by atoms with van der Waals surface area (Å²) in [4.78, 5) is 7.40. The van der Waals surface area contributed by atoms with Crippen LogP contribution in [0.5, 0.6) is 0 Å². The Kier molecular flexibility index (Phi) is 2.65. The highest BCUT2D eigenvalue weighted by molar-refractivity contribution is 5.58. The fourth-order valence-electron chi connectivity index (χ4n) is 2.04. The third-order valence-electron chi connectivity index (χ3n) is 3.27. The second-order valence-corrected chi connectivity index (χ2v) is 4.59. The van der Waals surface area contributed by atoms with Crippen LogP contribution in [0.25, 0.3) is 11.3 Å². The summed E-state index contributed by atoms with van der Waals surface area (Å²) in [5.41, 5.74) is 1.05. The minimum absolute atomic E-state index is 0.0108. The van der Waals surface area contributed by atoms with Gasteiger partial charge in [0, 0.05) is 5.56 Å². The summed E-state index contributed by atoms with van der Waals surface area (Å²) in [6.45, 7) is 0.905. The predicted octanol–water partition coefficient (Wildman–Crippen LogP) is 1.48. The van der Waals surface area contributed by atoms with Crippen molar-refractivity contribution in [3.63, 3.8) is 0 Å². The average molecular weight is 248 g/mol. The lowest BCUT2D eigenvalue weighted by atomic mass is 9.86. The summed E-state index contributed by atoms with van der Waals surface area (Å²) in [5, 5.41) is 9.41. The highest BCUT2D eigenvalue weighted by Crippen LogP contribution is 2.31. The van der Waals surface area contributed by atoms with Gasteiger partial charge in [0.2, 0.25) is 0 Å². The van der Waals surface area contributed by atoms with E-state index in [1.165, 1.54) is 12.1 Å². The van der Waals surface area contributed by atoms with Crippen molar-refractivity contribution in [1.82, 2.24) is 9.97 Å². The molecule has 2 aromatic rings. The summed E-state index contributed by atoms with van der Waals surface area (Å²) < 4.78 is 18.3. The van der Waals surface area contributed by atoms with E-state index in [0.29, 0.717) is 19.0 Å². The molecule has 1 aromatic carbocycles. The smallest absolute Gasteiger partial charge is 0.123 e. The Hall–Kier alpha value is -1.72. The zero-order valence-electron chi connectivity index (χ0n) is 9.69. The zero-order chi connectivity index (χ0) is 12.6. The van der Waals surface area contributed by atoms with Crippen LogP contribution in [0.3, 0.4) is 0 Å². The summed E-state index contributed by atoms with van der Waals surface area (Å²) in [7, 11) is 0. The van der Waals surface area contributed by atoms with Crippen molar-refractivity contribution in [1.29, 1.82) is 0 Å². The van der Waals surface area contributed by atoms with E-state index in [2.05, 4.69) is 9.97 Å². The van der Waals surface area contributed by atoms with Gasteiger partial charge < -0.3 is 14.8 Å². The van der Waals surface area contributed by atoms with Crippen LogP contribution in [0.2, 0.25) is 0 Å². The van der Waals surface area contributed by atoms with Crippen molar-refractivity contribution in [3.8, 4) is 11.3 Å². The molecule has 0 aliphatic carbocycles. The predicted molar refractivity (Wildman–Crippen MR) is 63.6 cm³/mol. The van der Waals surface area contributed by atoms with E-state index in [1.54, 1.807) is 12.3 Å². The number of rotatable bonds is 3. The van der Waals surface area contributed by atoms with E-state index in [-0.39, 0.29) is 12.4 Å². The lowest BCUT2D eigenvalue weighted by Gasteiger charge is -2.37. The topological polar surface area (TPSA) is 58.1 Å². The van der Waals surface area contributed by atoms with Crippen molar-refractivity contribution in [2.24, 2.45) is 0 Å². The minimum Gasteiger partial charge on any atom is -0.395 e. The molecule has 1 fully saturated rings. The molecule has 2 N–H and O–H groups in total. The highest BCUT2D eigenvalue weighted by Gasteiger charge is 2.42. The highest BCUT2D eigenvalue weighted by atomic mass is 19.1. The SMILES string of the molecule is OCC1(c2ncc(-c3cccc(F)c3)[nH]2)COC1. The number of benzene rings is 1. The first-order valence-electron chi connectivity index (χ1n) is 5.74. The number of aliphatic hydroxyl groups excluding tert-OH is 1. The maximum Gasteiger partial charge on any atom is 0.123 e. The van der Waals surface area contributed by atoms with Crippen LogP contribution in [0.15, 0.2) is 30.5 Å². The number of ether oxygens (including phenoxy) is 1. The number of aromatic nitrogens is 2. The molecular formula is C13H13FN2O2. The summed E-state index contributed by atoms with van der Waals surface area (Å²) in [6, 6.07) is 6.30. The molecule has 5 heteroatoms. The molecule has 0 bridgehead atoms. The second-order valence-electron chi connectivity index (χ2n) is 4.59. The maximum absolute atomic E-state index is 13.1. The Morgan fingerprint density at radius 1 is 1.44 bits per heavy atom. The Morgan fingerprint density at radius 3 is 2.89 bits per heavy atom. The molecule has 0 amide bonds. The number of hydrogen-bond acceptors (Lipinski definition) is 3. The van der Waals surface area contributed by atoms with E-state index in [4.69, 9.17) is 4.74 Å². The van der Waals surface area contributed by atoms with E-state index >= 15 is 0 Å². The van der Waals surface area contributed by atoms with Gasteiger partial charge in [0.05, 0.1) is 37.1 Å². The minimum atomic E-state index is -0.425. The molecule has 0 saturated carbocycles. The maximum atomic E-state index is 13.1. The molecule has 0 atom stereocenters. The summed E-state index contributed by atoms with van der Waals surface area (Å²) in [6.07, 6.45) is 1.65. The normalized spacial score (nSPS) is 17.4. The number of imidazole rings is 1. The van der Waals surface area contributed by atoms with Gasteiger partial charge in [-0.15, -0.1) is 0 Å². The van der Waals surface area contributed by atoms with E-state index in [0.717, 1.165) is 11.3 Å². The van der Waals surface area contributed by atoms with Gasteiger partial charge in [-0.05, 0) is 12.1 Å². The van der Waals surface area contributed by atoms with Crippen molar-refractivity contribution in [2.45, 2.75) is 5.41 Å². The number of halogens is 1. The Morgan fingerprint density at radius 2 is 2.28 bits per heavy atom. The lowest BCUT2D eigenvalue weighted by molar-refractivity contribution is -0.0880. The molecule has 94 valence electrons. The van der Waals surface area contributed by atoms with E-state index in [1.807, 2.05) is 6.07 Å². The van der Waals surface area contributed by atoms with Gasteiger partial charge in [0.25, 0.3) is 0 Å². The second kappa shape index (κ2) is 4.19. The molecule has 1 aliphatic heterocycles. The number of aromatic amines is 1. The molecule has 0 spiro atoms. The fourth-order valence-corrected chi connectivity index (χ4v) is 2.04. The third-order valence-corrected chi connectivity index (χ3v) is 3.27. The van der Waals surface area contributed by atoms with Gasteiger partial charge in [0.1, 0.15) is 11.6 Å². The van der Waals surface area contributed by atoms with E-state index < -0.39 is 5.41 Å². The van der Waals surface area contributed by atoms with Crippen molar-refractivity contribution >= 4 is 0 Å². The van der Waals surface area contributed by atoms with Crippen LogP contribution < -0.4 is 0 Å². The Balaban J connectivity index is 1.94. The molecule has 0 radical (unpaired) electrons. The van der Waals surface area contributed by atoms with Crippen LogP contribution in [0, 0.1) is 5.82 Å². The van der Waals surface area contributed by atoms with Crippen molar-refractivity contribution in [2.75, 3.05) is 19.8 Å². The monoisotopic (exact) mass is 248 g/mol. The fraction of sp³-hybridized carbons (Fsp3) is 0.308. The number of H-pyrrole nitrogens is 1. The number of aliphatic hydroxyl groups is 1. The van der Waals surface area contributed by atoms with Gasteiger partial charge in [-0.2, -0.15) is 0 Å². The molecule has 3 rings (SSSR count). The Labute approximate surface area is 103 Å². The standard InChI is InChI=1S/C13H13FN2O2/c14-10-3-1-2-9(4-10)11-5-15-12(16-11)13(6-17)7-18-8-13/h1-5,17H,6-8H2,(H,15,16). The first-order valence-corrected chi connectivity index (χ1v) is 5.74. The third kappa shape index (κ3) is 1.72.